The highest BCUT2D eigenvalue weighted by Crippen LogP contribution is 2.44. The summed E-state index contributed by atoms with van der Waals surface area (Å²) in [5.74, 6) is 0.00736. The van der Waals surface area contributed by atoms with Gasteiger partial charge in [-0.3, -0.25) is 9.69 Å². The second kappa shape index (κ2) is 7.72. The number of rotatable bonds is 4. The minimum atomic E-state index is -0.232. The molecule has 4 nitrogen and oxygen atoms in total. The van der Waals surface area contributed by atoms with Gasteiger partial charge in [0.1, 0.15) is 6.17 Å². The Kier molecular flexibility index (Phi) is 4.90. The van der Waals surface area contributed by atoms with Crippen LogP contribution in [0.5, 0.6) is 0 Å². The Morgan fingerprint density at radius 1 is 1.00 bits per heavy atom. The number of aliphatic hydroxyl groups is 1. The van der Waals surface area contributed by atoms with Crippen molar-refractivity contribution in [3.63, 3.8) is 0 Å². The lowest BCUT2D eigenvalue weighted by Crippen LogP contribution is -2.47. The predicted octanol–water partition coefficient (Wildman–Crippen LogP) is 5.76. The van der Waals surface area contributed by atoms with Crippen LogP contribution in [0.25, 0.3) is 10.4 Å². The molecule has 1 unspecified atom stereocenters. The van der Waals surface area contributed by atoms with Crippen LogP contribution < -0.4 is 9.80 Å². The van der Waals surface area contributed by atoms with Gasteiger partial charge in [0.2, 0.25) is 0 Å². The summed E-state index contributed by atoms with van der Waals surface area (Å²) in [5.41, 5.74) is 3.63. The molecule has 1 amide bonds. The van der Waals surface area contributed by atoms with E-state index in [1.807, 2.05) is 72.6 Å². The smallest absolute Gasteiger partial charge is 0.262 e. The van der Waals surface area contributed by atoms with Crippen LogP contribution in [0.2, 0.25) is 0 Å². The van der Waals surface area contributed by atoms with E-state index in [2.05, 4.69) is 22.4 Å². The Balaban J connectivity index is 1.62. The molecule has 2 aromatic carbocycles. The number of thiophene rings is 2. The molecule has 0 aliphatic carbocycles. The van der Waals surface area contributed by atoms with Crippen LogP contribution in [0.3, 0.4) is 0 Å². The van der Waals surface area contributed by atoms with E-state index in [0.717, 1.165) is 31.6 Å². The second-order valence-electron chi connectivity index (χ2n) is 7.17. The second-order valence-corrected chi connectivity index (χ2v) is 9.29. The molecule has 30 heavy (non-hydrogen) atoms. The predicted molar refractivity (Wildman–Crippen MR) is 124 cm³/mol. The summed E-state index contributed by atoms with van der Waals surface area (Å²) >= 11 is 3.24. The molecular weight excluding hydrogens is 412 g/mol. The van der Waals surface area contributed by atoms with Crippen LogP contribution in [-0.2, 0) is 6.61 Å². The largest absolute Gasteiger partial charge is 0.391 e. The van der Waals surface area contributed by atoms with E-state index in [1.54, 1.807) is 22.7 Å². The zero-order valence-corrected chi connectivity index (χ0v) is 18.0. The van der Waals surface area contributed by atoms with Crippen LogP contribution in [0.15, 0.2) is 78.2 Å². The van der Waals surface area contributed by atoms with Gasteiger partial charge < -0.3 is 10.0 Å². The fourth-order valence-corrected chi connectivity index (χ4v) is 5.86. The fraction of sp³-hybridized carbons (Fsp3) is 0.125. The summed E-state index contributed by atoms with van der Waals surface area (Å²) in [5, 5.41) is 11.5. The van der Waals surface area contributed by atoms with E-state index in [4.69, 9.17) is 0 Å². The molecule has 2 aromatic heterocycles. The zero-order chi connectivity index (χ0) is 20.7. The van der Waals surface area contributed by atoms with Gasteiger partial charge in [0, 0.05) is 32.9 Å². The van der Waals surface area contributed by atoms with Crippen LogP contribution in [0.4, 0.5) is 11.4 Å². The van der Waals surface area contributed by atoms with E-state index < -0.39 is 0 Å². The number of aliphatic hydroxyl groups excluding tert-OH is 1. The molecule has 0 fully saturated rings. The molecule has 1 N–H and O–H groups in total. The Labute approximate surface area is 183 Å². The van der Waals surface area contributed by atoms with Gasteiger partial charge in [-0.05, 0) is 47.8 Å². The summed E-state index contributed by atoms with van der Waals surface area (Å²) < 4.78 is 0. The lowest BCUT2D eigenvalue weighted by molar-refractivity contribution is 0.0970. The number of hydrogen-bond donors (Lipinski definition) is 1. The van der Waals surface area contributed by atoms with E-state index in [-0.39, 0.29) is 18.7 Å². The Morgan fingerprint density at radius 3 is 2.53 bits per heavy atom. The average Bonchev–Trinajstić information content (AvgIpc) is 3.46. The minimum Gasteiger partial charge on any atom is -0.391 e. The van der Waals surface area contributed by atoms with Crippen LogP contribution in [0.1, 0.15) is 26.3 Å². The zero-order valence-electron chi connectivity index (χ0n) is 16.4. The SMILES string of the molecule is CN1c2ccccc2C(=O)N(c2ccccc2)C1c1ccc(-c2csc(CO)c2)s1. The first kappa shape index (κ1) is 19.1. The third kappa shape index (κ3) is 3.13. The molecule has 1 aliphatic rings. The molecule has 0 spiro atoms. The average molecular weight is 433 g/mol. The molecule has 5 rings (SSSR count). The number of nitrogens with zero attached hydrogens (tertiary/aromatic N) is 2. The first-order valence-corrected chi connectivity index (χ1v) is 11.4. The summed E-state index contributed by atoms with van der Waals surface area (Å²) in [6, 6.07) is 23.9. The van der Waals surface area contributed by atoms with Gasteiger partial charge in [0.05, 0.1) is 17.9 Å². The molecule has 6 heteroatoms. The molecule has 150 valence electrons. The van der Waals surface area contributed by atoms with Gasteiger partial charge in [-0.1, -0.05) is 30.3 Å². The van der Waals surface area contributed by atoms with Crippen molar-refractivity contribution in [2.45, 2.75) is 12.8 Å². The lowest BCUT2D eigenvalue weighted by Gasteiger charge is -2.43. The van der Waals surface area contributed by atoms with Gasteiger partial charge in [-0.2, -0.15) is 0 Å². The van der Waals surface area contributed by atoms with Gasteiger partial charge in [0.15, 0.2) is 0 Å². The Bertz CT molecular complexity index is 1200. The lowest BCUT2D eigenvalue weighted by atomic mass is 10.0. The third-order valence-electron chi connectivity index (χ3n) is 5.35. The molecule has 0 bridgehead atoms. The quantitative estimate of drug-likeness (QED) is 0.446. The van der Waals surface area contributed by atoms with Crippen molar-refractivity contribution in [3.05, 3.63) is 93.5 Å². The summed E-state index contributed by atoms with van der Waals surface area (Å²) in [4.78, 5) is 20.8. The van der Waals surface area contributed by atoms with Crippen molar-refractivity contribution < 1.29 is 9.90 Å². The molecule has 0 saturated heterocycles. The topological polar surface area (TPSA) is 43.8 Å². The normalized spacial score (nSPS) is 16.1. The van der Waals surface area contributed by atoms with E-state index >= 15 is 0 Å². The number of hydrogen-bond acceptors (Lipinski definition) is 5. The standard InChI is InChI=1S/C24H20N2O2S2/c1-25-20-10-6-5-9-19(20)24(28)26(17-7-3-2-4-8-17)23(25)22-12-11-21(30-22)16-13-18(14-27)29-15-16/h2-13,15,23,27H,14H2,1H3. The van der Waals surface area contributed by atoms with Crippen LogP contribution in [-0.4, -0.2) is 18.1 Å². The van der Waals surface area contributed by atoms with Crippen molar-refractivity contribution >= 4 is 40.0 Å². The van der Waals surface area contributed by atoms with E-state index in [9.17, 15) is 9.90 Å². The van der Waals surface area contributed by atoms with Crippen molar-refractivity contribution in [1.29, 1.82) is 0 Å². The van der Waals surface area contributed by atoms with E-state index in [0.29, 0.717) is 5.56 Å². The van der Waals surface area contributed by atoms with Crippen molar-refractivity contribution in [1.82, 2.24) is 0 Å². The minimum absolute atomic E-state index is 0.00736. The Morgan fingerprint density at radius 2 is 1.77 bits per heavy atom. The number of amides is 1. The van der Waals surface area contributed by atoms with Gasteiger partial charge in [-0.15, -0.1) is 22.7 Å². The summed E-state index contributed by atoms with van der Waals surface area (Å²) in [6.07, 6.45) is -0.232. The highest BCUT2D eigenvalue weighted by atomic mass is 32.1. The third-order valence-corrected chi connectivity index (χ3v) is 7.45. The molecule has 1 aliphatic heterocycles. The van der Waals surface area contributed by atoms with Crippen molar-refractivity contribution in [3.8, 4) is 10.4 Å². The van der Waals surface area contributed by atoms with Crippen LogP contribution in [0, 0.1) is 0 Å². The highest BCUT2D eigenvalue weighted by Gasteiger charge is 2.38. The van der Waals surface area contributed by atoms with Gasteiger partial charge in [0.25, 0.3) is 5.91 Å². The number of benzene rings is 2. The monoisotopic (exact) mass is 432 g/mol. The molecule has 4 aromatic rings. The number of para-hydroxylation sites is 2. The fourth-order valence-electron chi connectivity index (χ4n) is 3.91. The maximum atomic E-state index is 13.5. The molecule has 3 heterocycles. The molecule has 0 radical (unpaired) electrons. The maximum absolute atomic E-state index is 13.5. The molecular formula is C24H20N2O2S2. The number of carbonyl (C=O) groups is 1. The molecule has 1 atom stereocenters. The number of fused-ring (bicyclic) bond motifs is 1. The highest BCUT2D eigenvalue weighted by molar-refractivity contribution is 7.16. The first-order valence-electron chi connectivity index (χ1n) is 9.66. The Hall–Kier alpha value is -2.93. The summed E-state index contributed by atoms with van der Waals surface area (Å²) in [7, 11) is 2.04. The number of anilines is 2. The first-order chi connectivity index (χ1) is 14.7. The van der Waals surface area contributed by atoms with E-state index in [1.165, 1.54) is 0 Å². The maximum Gasteiger partial charge on any atom is 0.262 e. The molecule has 0 saturated carbocycles. The van der Waals surface area contributed by atoms with Gasteiger partial charge in [-0.25, -0.2) is 0 Å². The van der Waals surface area contributed by atoms with Crippen molar-refractivity contribution in [2.75, 3.05) is 16.8 Å². The van der Waals surface area contributed by atoms with Crippen molar-refractivity contribution in [2.24, 2.45) is 0 Å². The number of carbonyl (C=O) groups excluding carboxylic acids is 1. The van der Waals surface area contributed by atoms with Gasteiger partial charge >= 0.3 is 0 Å². The van der Waals surface area contributed by atoms with Crippen LogP contribution >= 0.6 is 22.7 Å². The summed E-state index contributed by atoms with van der Waals surface area (Å²) in [6.45, 7) is 0.0569.